The van der Waals surface area contributed by atoms with Gasteiger partial charge in [0.25, 0.3) is 5.89 Å². The Morgan fingerprint density at radius 2 is 2.08 bits per heavy atom. The molecular formula is C16H19N3O5. The van der Waals surface area contributed by atoms with E-state index in [4.69, 9.17) is 9.26 Å². The van der Waals surface area contributed by atoms with Crippen molar-refractivity contribution in [3.63, 3.8) is 0 Å². The molecule has 24 heavy (non-hydrogen) atoms. The van der Waals surface area contributed by atoms with E-state index < -0.39 is 17.8 Å². The molecule has 2 N–H and O–H groups in total. The molecule has 1 aromatic heterocycles. The molecule has 1 atom stereocenters. The van der Waals surface area contributed by atoms with E-state index in [1.165, 1.54) is 0 Å². The van der Waals surface area contributed by atoms with Crippen molar-refractivity contribution in [2.75, 3.05) is 13.2 Å². The predicted molar refractivity (Wildman–Crippen MR) is 83.0 cm³/mol. The van der Waals surface area contributed by atoms with Crippen LogP contribution in [0.4, 0.5) is 0 Å². The number of hydrogen-bond donors (Lipinski definition) is 2. The Hall–Kier alpha value is -2.74. The molecule has 0 saturated carbocycles. The van der Waals surface area contributed by atoms with E-state index in [1.54, 1.807) is 6.92 Å². The number of aliphatic carboxylic acids is 1. The van der Waals surface area contributed by atoms with Gasteiger partial charge in [-0.1, -0.05) is 35.5 Å². The Kier molecular flexibility index (Phi) is 6.44. The topological polar surface area (TPSA) is 115 Å². The summed E-state index contributed by atoms with van der Waals surface area (Å²) in [5, 5.41) is 15.4. The first kappa shape index (κ1) is 17.6. The quantitative estimate of drug-likeness (QED) is 0.702. The fraction of sp³-hybridized carbons (Fsp3) is 0.375. The SMILES string of the molecule is Cc1noc(COCC(=O)NCC(Cc2ccccc2)C(=O)O)n1. The van der Waals surface area contributed by atoms with Crippen molar-refractivity contribution in [1.29, 1.82) is 0 Å². The fourth-order valence-corrected chi connectivity index (χ4v) is 2.06. The van der Waals surface area contributed by atoms with Crippen LogP contribution in [0.2, 0.25) is 0 Å². The number of amides is 1. The Labute approximate surface area is 138 Å². The molecule has 0 spiro atoms. The molecule has 1 unspecified atom stereocenters. The minimum Gasteiger partial charge on any atom is -0.481 e. The molecule has 0 saturated heterocycles. The molecule has 0 bridgehead atoms. The largest absolute Gasteiger partial charge is 0.481 e. The zero-order chi connectivity index (χ0) is 17.4. The lowest BCUT2D eigenvalue weighted by Gasteiger charge is -2.13. The summed E-state index contributed by atoms with van der Waals surface area (Å²) >= 11 is 0. The number of ether oxygens (including phenoxy) is 1. The average Bonchev–Trinajstić information content (AvgIpc) is 2.97. The number of rotatable bonds is 9. The van der Waals surface area contributed by atoms with Crippen molar-refractivity contribution in [2.24, 2.45) is 5.92 Å². The first-order valence-corrected chi connectivity index (χ1v) is 7.45. The van der Waals surface area contributed by atoms with Gasteiger partial charge in [0.15, 0.2) is 5.82 Å². The third kappa shape index (κ3) is 5.81. The van der Waals surface area contributed by atoms with Gasteiger partial charge < -0.3 is 19.7 Å². The van der Waals surface area contributed by atoms with E-state index in [2.05, 4.69) is 15.5 Å². The maximum atomic E-state index is 11.7. The molecule has 1 heterocycles. The van der Waals surface area contributed by atoms with E-state index in [9.17, 15) is 14.7 Å². The smallest absolute Gasteiger partial charge is 0.308 e. The van der Waals surface area contributed by atoms with Crippen molar-refractivity contribution in [3.05, 3.63) is 47.6 Å². The van der Waals surface area contributed by atoms with Gasteiger partial charge in [0.2, 0.25) is 5.91 Å². The van der Waals surface area contributed by atoms with Crippen molar-refractivity contribution in [1.82, 2.24) is 15.5 Å². The number of carbonyl (C=O) groups is 2. The predicted octanol–water partition coefficient (Wildman–Crippen LogP) is 0.954. The summed E-state index contributed by atoms with van der Waals surface area (Å²) in [6.07, 6.45) is 0.346. The number of aryl methyl sites for hydroxylation is 1. The van der Waals surface area contributed by atoms with Gasteiger partial charge in [0.05, 0.1) is 5.92 Å². The van der Waals surface area contributed by atoms with E-state index in [-0.39, 0.29) is 25.6 Å². The molecule has 0 fully saturated rings. The number of hydrogen-bond acceptors (Lipinski definition) is 6. The lowest BCUT2D eigenvalue weighted by Crippen LogP contribution is -2.36. The van der Waals surface area contributed by atoms with Crippen LogP contribution < -0.4 is 5.32 Å². The third-order valence-corrected chi connectivity index (χ3v) is 3.25. The van der Waals surface area contributed by atoms with Gasteiger partial charge in [-0.05, 0) is 18.9 Å². The van der Waals surface area contributed by atoms with Crippen molar-refractivity contribution in [2.45, 2.75) is 20.0 Å². The Balaban J connectivity index is 1.72. The zero-order valence-electron chi connectivity index (χ0n) is 13.3. The number of benzene rings is 1. The minimum atomic E-state index is -0.957. The summed E-state index contributed by atoms with van der Waals surface area (Å²) in [7, 11) is 0. The fourth-order valence-electron chi connectivity index (χ4n) is 2.06. The van der Waals surface area contributed by atoms with Gasteiger partial charge in [-0.25, -0.2) is 0 Å². The summed E-state index contributed by atoms with van der Waals surface area (Å²) in [6, 6.07) is 9.27. The van der Waals surface area contributed by atoms with Gasteiger partial charge in [0.1, 0.15) is 13.2 Å². The standard InChI is InChI=1S/C16H19N3O5/c1-11-18-15(24-19-11)10-23-9-14(20)17-8-13(16(21)22)7-12-5-3-2-4-6-12/h2-6,13H,7-10H2,1H3,(H,17,20)(H,21,22). The summed E-state index contributed by atoms with van der Waals surface area (Å²) in [4.78, 5) is 27.0. The van der Waals surface area contributed by atoms with E-state index >= 15 is 0 Å². The first-order chi connectivity index (χ1) is 11.5. The van der Waals surface area contributed by atoms with E-state index in [1.807, 2.05) is 30.3 Å². The van der Waals surface area contributed by atoms with Crippen LogP contribution >= 0.6 is 0 Å². The maximum Gasteiger partial charge on any atom is 0.308 e. The zero-order valence-corrected chi connectivity index (χ0v) is 13.3. The lowest BCUT2D eigenvalue weighted by molar-refractivity contribution is -0.141. The molecule has 0 radical (unpaired) electrons. The van der Waals surface area contributed by atoms with Crippen LogP contribution in [0.15, 0.2) is 34.9 Å². The van der Waals surface area contributed by atoms with Crippen LogP contribution in [0, 0.1) is 12.8 Å². The molecule has 2 rings (SSSR count). The average molecular weight is 333 g/mol. The molecule has 1 aromatic carbocycles. The lowest BCUT2D eigenvalue weighted by atomic mass is 9.99. The second kappa shape index (κ2) is 8.78. The Morgan fingerprint density at radius 1 is 1.33 bits per heavy atom. The normalized spacial score (nSPS) is 11.9. The van der Waals surface area contributed by atoms with Gasteiger partial charge in [-0.2, -0.15) is 4.98 Å². The molecule has 0 aliphatic rings. The molecule has 0 aliphatic carbocycles. The van der Waals surface area contributed by atoms with Gasteiger partial charge in [-0.15, -0.1) is 0 Å². The highest BCUT2D eigenvalue weighted by Crippen LogP contribution is 2.08. The molecule has 8 nitrogen and oxygen atoms in total. The van der Waals surface area contributed by atoms with Crippen LogP contribution in [-0.2, 0) is 27.4 Å². The van der Waals surface area contributed by atoms with Gasteiger partial charge in [-0.3, -0.25) is 9.59 Å². The monoisotopic (exact) mass is 333 g/mol. The summed E-state index contributed by atoms with van der Waals surface area (Å²) < 4.78 is 10.00. The molecule has 8 heteroatoms. The summed E-state index contributed by atoms with van der Waals surface area (Å²) in [5.41, 5.74) is 0.905. The second-order valence-electron chi connectivity index (χ2n) is 5.26. The minimum absolute atomic E-state index is 0.0284. The highest BCUT2D eigenvalue weighted by Gasteiger charge is 2.19. The third-order valence-electron chi connectivity index (χ3n) is 3.25. The van der Waals surface area contributed by atoms with E-state index in [0.717, 1.165) is 5.56 Å². The first-order valence-electron chi connectivity index (χ1n) is 7.45. The second-order valence-corrected chi connectivity index (χ2v) is 5.26. The number of aromatic nitrogens is 2. The summed E-state index contributed by atoms with van der Waals surface area (Å²) in [5.74, 6) is -1.28. The number of carbonyl (C=O) groups excluding carboxylic acids is 1. The summed E-state index contributed by atoms with van der Waals surface area (Å²) in [6.45, 7) is 1.53. The van der Waals surface area contributed by atoms with Crippen molar-refractivity contribution >= 4 is 11.9 Å². The van der Waals surface area contributed by atoms with Crippen LogP contribution in [0.5, 0.6) is 0 Å². The highest BCUT2D eigenvalue weighted by molar-refractivity contribution is 5.78. The van der Waals surface area contributed by atoms with Crippen LogP contribution in [0.1, 0.15) is 17.3 Å². The number of carboxylic acid groups (broad SMARTS) is 1. The Bertz CT molecular complexity index is 671. The maximum absolute atomic E-state index is 11.7. The highest BCUT2D eigenvalue weighted by atomic mass is 16.5. The van der Waals surface area contributed by atoms with Crippen molar-refractivity contribution in [3.8, 4) is 0 Å². The van der Waals surface area contributed by atoms with Crippen LogP contribution in [0.25, 0.3) is 0 Å². The number of carboxylic acids is 1. The van der Waals surface area contributed by atoms with Crippen LogP contribution in [-0.4, -0.2) is 40.3 Å². The number of nitrogens with one attached hydrogen (secondary N) is 1. The molecular weight excluding hydrogens is 314 g/mol. The molecule has 1 amide bonds. The van der Waals surface area contributed by atoms with Crippen molar-refractivity contribution < 1.29 is 24.0 Å². The van der Waals surface area contributed by atoms with Crippen LogP contribution in [0.3, 0.4) is 0 Å². The molecule has 2 aromatic rings. The van der Waals surface area contributed by atoms with E-state index in [0.29, 0.717) is 12.2 Å². The molecule has 128 valence electrons. The number of nitrogens with zero attached hydrogens (tertiary/aromatic N) is 2. The van der Waals surface area contributed by atoms with Gasteiger partial charge in [0, 0.05) is 6.54 Å². The van der Waals surface area contributed by atoms with Gasteiger partial charge >= 0.3 is 5.97 Å². The Morgan fingerprint density at radius 3 is 2.71 bits per heavy atom. The molecule has 0 aliphatic heterocycles.